The van der Waals surface area contributed by atoms with E-state index < -0.39 is 0 Å². The number of hydrogen-bond acceptors (Lipinski definition) is 2. The van der Waals surface area contributed by atoms with Gasteiger partial charge in [0.05, 0.1) is 13.2 Å². The highest BCUT2D eigenvalue weighted by Gasteiger charge is 2.45. The molecule has 0 unspecified atom stereocenters. The van der Waals surface area contributed by atoms with Crippen LogP contribution in [0.5, 0.6) is 0 Å². The Morgan fingerprint density at radius 1 is 1.38 bits per heavy atom. The van der Waals surface area contributed by atoms with Crippen LogP contribution in [0.15, 0.2) is 0 Å². The fourth-order valence-electron chi connectivity index (χ4n) is 2.25. The first-order chi connectivity index (χ1) is 7.64. The number of ether oxygens (including phenoxy) is 1. The Balaban J connectivity index is 1.75. The number of urea groups is 1. The molecule has 1 heterocycles. The van der Waals surface area contributed by atoms with E-state index in [0.717, 1.165) is 19.6 Å². The summed E-state index contributed by atoms with van der Waals surface area (Å²) in [4.78, 5) is 13.7. The van der Waals surface area contributed by atoms with E-state index >= 15 is 0 Å². The van der Waals surface area contributed by atoms with E-state index in [1.54, 1.807) is 0 Å². The van der Waals surface area contributed by atoms with Gasteiger partial charge in [-0.05, 0) is 24.2 Å². The van der Waals surface area contributed by atoms with Gasteiger partial charge in [-0.3, -0.25) is 0 Å². The second-order valence-electron chi connectivity index (χ2n) is 5.28. The van der Waals surface area contributed by atoms with Crippen LogP contribution in [0.3, 0.4) is 0 Å². The summed E-state index contributed by atoms with van der Waals surface area (Å²) in [6.07, 6.45) is 2.52. The Morgan fingerprint density at radius 2 is 2.00 bits per heavy atom. The van der Waals surface area contributed by atoms with Crippen LogP contribution in [0.4, 0.5) is 4.79 Å². The van der Waals surface area contributed by atoms with Gasteiger partial charge in [0.25, 0.3) is 0 Å². The van der Waals surface area contributed by atoms with Gasteiger partial charge in [-0.15, -0.1) is 0 Å². The lowest BCUT2D eigenvalue weighted by Gasteiger charge is -2.28. The minimum Gasteiger partial charge on any atom is -0.378 e. The maximum Gasteiger partial charge on any atom is 0.317 e. The van der Waals surface area contributed by atoms with Gasteiger partial charge in [-0.1, -0.05) is 13.8 Å². The summed E-state index contributed by atoms with van der Waals surface area (Å²) in [6.45, 7) is 8.11. The second-order valence-corrected chi connectivity index (χ2v) is 5.28. The molecule has 4 heteroatoms. The largest absolute Gasteiger partial charge is 0.378 e. The Bertz CT molecular complexity index is 256. The number of morpholine rings is 1. The van der Waals surface area contributed by atoms with Gasteiger partial charge in [-0.2, -0.15) is 0 Å². The van der Waals surface area contributed by atoms with Crippen molar-refractivity contribution >= 4 is 6.03 Å². The van der Waals surface area contributed by atoms with Crippen molar-refractivity contribution in [2.24, 2.45) is 11.3 Å². The van der Waals surface area contributed by atoms with Crippen LogP contribution in [-0.4, -0.2) is 43.8 Å². The molecule has 2 amide bonds. The third kappa shape index (κ3) is 2.48. The van der Waals surface area contributed by atoms with Crippen LogP contribution in [0.1, 0.15) is 26.7 Å². The molecule has 0 spiro atoms. The molecule has 2 rings (SSSR count). The third-order valence-corrected chi connectivity index (χ3v) is 4.01. The maximum absolute atomic E-state index is 11.9. The molecule has 16 heavy (non-hydrogen) atoms. The Labute approximate surface area is 97.3 Å². The lowest BCUT2D eigenvalue weighted by molar-refractivity contribution is 0.0527. The molecule has 1 saturated carbocycles. The van der Waals surface area contributed by atoms with E-state index in [1.807, 2.05) is 4.90 Å². The quantitative estimate of drug-likeness (QED) is 0.791. The van der Waals surface area contributed by atoms with Gasteiger partial charge >= 0.3 is 6.03 Å². The number of hydrogen-bond donors (Lipinski definition) is 1. The first kappa shape index (κ1) is 11.7. The van der Waals surface area contributed by atoms with Crippen molar-refractivity contribution in [1.82, 2.24) is 10.2 Å². The average Bonchev–Trinajstić information content (AvgIpc) is 3.08. The lowest BCUT2D eigenvalue weighted by atomic mass is 9.92. The molecule has 0 atom stereocenters. The van der Waals surface area contributed by atoms with Crippen molar-refractivity contribution in [1.29, 1.82) is 0 Å². The van der Waals surface area contributed by atoms with Gasteiger partial charge in [0.1, 0.15) is 0 Å². The number of nitrogens with one attached hydrogen (secondary N) is 1. The smallest absolute Gasteiger partial charge is 0.317 e. The molecule has 0 aromatic carbocycles. The fourth-order valence-corrected chi connectivity index (χ4v) is 2.25. The fraction of sp³-hybridized carbons (Fsp3) is 0.917. The average molecular weight is 226 g/mol. The molecular formula is C12H22N2O2. The number of amides is 2. The molecular weight excluding hydrogens is 204 g/mol. The van der Waals surface area contributed by atoms with Crippen molar-refractivity contribution in [2.45, 2.75) is 26.7 Å². The third-order valence-electron chi connectivity index (χ3n) is 4.01. The summed E-state index contributed by atoms with van der Waals surface area (Å²) in [5.74, 6) is 0.664. The summed E-state index contributed by atoms with van der Waals surface area (Å²) in [5.41, 5.74) is 0.391. The van der Waals surface area contributed by atoms with Crippen molar-refractivity contribution in [3.63, 3.8) is 0 Å². The lowest BCUT2D eigenvalue weighted by Crippen LogP contribution is -2.47. The topological polar surface area (TPSA) is 41.6 Å². The normalized spacial score (nSPS) is 23.3. The molecule has 0 aromatic rings. The zero-order valence-corrected chi connectivity index (χ0v) is 10.3. The summed E-state index contributed by atoms with van der Waals surface area (Å²) < 4.78 is 5.22. The maximum atomic E-state index is 11.9. The van der Waals surface area contributed by atoms with Gasteiger partial charge in [0.2, 0.25) is 0 Å². The molecule has 1 aliphatic carbocycles. The van der Waals surface area contributed by atoms with Crippen molar-refractivity contribution in [3.8, 4) is 0 Å². The van der Waals surface area contributed by atoms with E-state index in [0.29, 0.717) is 24.5 Å². The molecule has 2 aliphatic rings. The van der Waals surface area contributed by atoms with Crippen LogP contribution >= 0.6 is 0 Å². The number of rotatable bonds is 3. The van der Waals surface area contributed by atoms with Gasteiger partial charge in [0.15, 0.2) is 0 Å². The molecule has 92 valence electrons. The van der Waals surface area contributed by atoms with Crippen LogP contribution in [-0.2, 0) is 4.74 Å². The minimum absolute atomic E-state index is 0.0789. The minimum atomic E-state index is 0.0789. The predicted octanol–water partition coefficient (Wildman–Crippen LogP) is 1.46. The van der Waals surface area contributed by atoms with E-state index in [-0.39, 0.29) is 6.03 Å². The van der Waals surface area contributed by atoms with Gasteiger partial charge in [-0.25, -0.2) is 4.79 Å². The zero-order chi connectivity index (χ0) is 11.6. The van der Waals surface area contributed by atoms with Crippen LogP contribution < -0.4 is 5.32 Å². The predicted molar refractivity (Wildman–Crippen MR) is 62.3 cm³/mol. The number of carbonyl (C=O) groups is 1. The van der Waals surface area contributed by atoms with Crippen molar-refractivity contribution < 1.29 is 9.53 Å². The van der Waals surface area contributed by atoms with Gasteiger partial charge < -0.3 is 15.0 Å². The van der Waals surface area contributed by atoms with Crippen LogP contribution in [0.25, 0.3) is 0 Å². The summed E-state index contributed by atoms with van der Waals surface area (Å²) >= 11 is 0. The number of nitrogens with zero attached hydrogens (tertiary/aromatic N) is 1. The Morgan fingerprint density at radius 3 is 2.50 bits per heavy atom. The van der Waals surface area contributed by atoms with Crippen LogP contribution in [0.2, 0.25) is 0 Å². The SMILES string of the molecule is CC(C)C1(CNC(=O)N2CCOCC2)CC1. The van der Waals surface area contributed by atoms with E-state index in [1.165, 1.54) is 12.8 Å². The molecule has 1 aliphatic heterocycles. The number of carbonyl (C=O) groups excluding carboxylic acids is 1. The highest BCUT2D eigenvalue weighted by Crippen LogP contribution is 2.51. The first-order valence-electron chi connectivity index (χ1n) is 6.25. The monoisotopic (exact) mass is 226 g/mol. The second kappa shape index (κ2) is 4.62. The van der Waals surface area contributed by atoms with E-state index in [9.17, 15) is 4.79 Å². The van der Waals surface area contributed by atoms with Gasteiger partial charge in [0, 0.05) is 19.6 Å². The molecule has 0 bridgehead atoms. The molecule has 2 fully saturated rings. The molecule has 4 nitrogen and oxygen atoms in total. The highest BCUT2D eigenvalue weighted by atomic mass is 16.5. The van der Waals surface area contributed by atoms with Crippen molar-refractivity contribution in [2.75, 3.05) is 32.8 Å². The molecule has 0 radical (unpaired) electrons. The summed E-state index contributed by atoms with van der Waals surface area (Å²) in [7, 11) is 0. The highest BCUT2D eigenvalue weighted by molar-refractivity contribution is 5.74. The molecule has 0 aromatic heterocycles. The van der Waals surface area contributed by atoms with Crippen molar-refractivity contribution in [3.05, 3.63) is 0 Å². The Hall–Kier alpha value is -0.770. The molecule has 1 N–H and O–H groups in total. The zero-order valence-electron chi connectivity index (χ0n) is 10.3. The van der Waals surface area contributed by atoms with Crippen LogP contribution in [0, 0.1) is 11.3 Å². The first-order valence-corrected chi connectivity index (χ1v) is 6.25. The summed E-state index contributed by atoms with van der Waals surface area (Å²) in [5, 5.41) is 3.07. The van der Waals surface area contributed by atoms with E-state index in [4.69, 9.17) is 4.74 Å². The van der Waals surface area contributed by atoms with E-state index in [2.05, 4.69) is 19.2 Å². The Kier molecular flexibility index (Phi) is 3.38. The molecule has 1 saturated heterocycles. The standard InChI is InChI=1S/C12H22N2O2/c1-10(2)12(3-4-12)9-13-11(15)14-5-7-16-8-6-14/h10H,3-9H2,1-2H3,(H,13,15). The summed E-state index contributed by atoms with van der Waals surface area (Å²) in [6, 6.07) is 0.0789.